The number of hydrogen-bond acceptors (Lipinski definition) is 3. The third-order valence-electron chi connectivity index (χ3n) is 2.66. The van der Waals surface area contributed by atoms with E-state index in [1.165, 1.54) is 12.1 Å². The number of anilines is 1. The molecule has 0 atom stereocenters. The number of sulfonamides is 1. The number of benzene rings is 1. The van der Waals surface area contributed by atoms with Crippen molar-refractivity contribution in [2.75, 3.05) is 4.72 Å². The number of nitrogens with zero attached hydrogens (tertiary/aromatic N) is 1. The van der Waals surface area contributed by atoms with Gasteiger partial charge in [0.2, 0.25) is 0 Å². The Morgan fingerprint density at radius 3 is 2.30 bits per heavy atom. The van der Waals surface area contributed by atoms with Crippen molar-refractivity contribution in [3.63, 3.8) is 0 Å². The number of aromatic nitrogens is 1. The molecular weight excluding hydrogens is 394 g/mol. The SMILES string of the molecule is Cc1cc(F)cc(C)c1S(=O)(=O)Nc1ccc(I)cn1. The predicted molar refractivity (Wildman–Crippen MR) is 83.6 cm³/mol. The Kier molecular flexibility index (Phi) is 4.28. The van der Waals surface area contributed by atoms with E-state index in [9.17, 15) is 12.8 Å². The van der Waals surface area contributed by atoms with Gasteiger partial charge in [-0.05, 0) is 71.8 Å². The fourth-order valence-electron chi connectivity index (χ4n) is 1.95. The fourth-order valence-corrected chi connectivity index (χ4v) is 3.73. The Balaban J connectivity index is 2.43. The van der Waals surface area contributed by atoms with Crippen LogP contribution in [0.3, 0.4) is 0 Å². The Labute approximate surface area is 130 Å². The Morgan fingerprint density at radius 2 is 1.80 bits per heavy atom. The highest BCUT2D eigenvalue weighted by Crippen LogP contribution is 2.23. The second-order valence-electron chi connectivity index (χ2n) is 4.34. The lowest BCUT2D eigenvalue weighted by Gasteiger charge is -2.12. The molecule has 0 unspecified atom stereocenters. The van der Waals surface area contributed by atoms with Crippen LogP contribution in [0.1, 0.15) is 11.1 Å². The van der Waals surface area contributed by atoms with Gasteiger partial charge in [0.25, 0.3) is 10.0 Å². The lowest BCUT2D eigenvalue weighted by Crippen LogP contribution is -2.16. The summed E-state index contributed by atoms with van der Waals surface area (Å²) in [5.74, 6) is -0.222. The van der Waals surface area contributed by atoms with Crippen LogP contribution in [0, 0.1) is 23.2 Å². The molecule has 0 aliphatic rings. The third-order valence-corrected chi connectivity index (χ3v) is 4.96. The molecule has 2 aromatic rings. The van der Waals surface area contributed by atoms with Crippen molar-refractivity contribution in [2.24, 2.45) is 0 Å². The summed E-state index contributed by atoms with van der Waals surface area (Å²) in [6.07, 6.45) is 1.56. The fraction of sp³-hybridized carbons (Fsp3) is 0.154. The first-order valence-electron chi connectivity index (χ1n) is 5.71. The highest BCUT2D eigenvalue weighted by molar-refractivity contribution is 14.1. The van der Waals surface area contributed by atoms with Gasteiger partial charge in [-0.2, -0.15) is 0 Å². The maximum Gasteiger partial charge on any atom is 0.263 e. The average Bonchev–Trinajstić information content (AvgIpc) is 2.30. The normalized spacial score (nSPS) is 11.4. The number of hydrogen-bond donors (Lipinski definition) is 1. The number of pyridine rings is 1. The van der Waals surface area contributed by atoms with Crippen LogP contribution in [-0.4, -0.2) is 13.4 Å². The molecule has 0 amide bonds. The van der Waals surface area contributed by atoms with Gasteiger partial charge >= 0.3 is 0 Å². The quantitative estimate of drug-likeness (QED) is 0.797. The van der Waals surface area contributed by atoms with E-state index < -0.39 is 15.8 Å². The molecule has 2 rings (SSSR count). The van der Waals surface area contributed by atoms with Gasteiger partial charge in [0.1, 0.15) is 11.6 Å². The smallest absolute Gasteiger partial charge is 0.263 e. The van der Waals surface area contributed by atoms with Crippen molar-refractivity contribution in [3.05, 3.63) is 51.0 Å². The molecule has 1 heterocycles. The average molecular weight is 406 g/mol. The zero-order valence-corrected chi connectivity index (χ0v) is 13.8. The largest absolute Gasteiger partial charge is 0.263 e. The molecule has 0 bridgehead atoms. The first-order valence-corrected chi connectivity index (χ1v) is 8.27. The molecule has 0 aliphatic carbocycles. The second kappa shape index (κ2) is 5.65. The summed E-state index contributed by atoms with van der Waals surface area (Å²) < 4.78 is 41.3. The summed E-state index contributed by atoms with van der Waals surface area (Å²) in [6.45, 7) is 3.12. The molecule has 1 aromatic carbocycles. The maximum absolute atomic E-state index is 13.2. The van der Waals surface area contributed by atoms with Crippen molar-refractivity contribution < 1.29 is 12.8 Å². The van der Waals surface area contributed by atoms with Gasteiger partial charge in [0.15, 0.2) is 0 Å². The van der Waals surface area contributed by atoms with Crippen LogP contribution < -0.4 is 4.72 Å². The molecule has 1 aromatic heterocycles. The topological polar surface area (TPSA) is 59.1 Å². The zero-order valence-electron chi connectivity index (χ0n) is 10.8. The maximum atomic E-state index is 13.2. The van der Waals surface area contributed by atoms with Crippen molar-refractivity contribution in [2.45, 2.75) is 18.7 Å². The predicted octanol–water partition coefficient (Wildman–Crippen LogP) is 3.24. The van der Waals surface area contributed by atoms with Crippen LogP contribution in [0.15, 0.2) is 35.4 Å². The molecule has 0 spiro atoms. The summed E-state index contributed by atoms with van der Waals surface area (Å²) >= 11 is 2.08. The van der Waals surface area contributed by atoms with Crippen LogP contribution in [0.5, 0.6) is 0 Å². The van der Waals surface area contributed by atoms with Gasteiger partial charge in [-0.1, -0.05) is 0 Å². The van der Waals surface area contributed by atoms with E-state index in [0.717, 1.165) is 3.57 Å². The van der Waals surface area contributed by atoms with Crippen molar-refractivity contribution >= 4 is 38.4 Å². The van der Waals surface area contributed by atoms with Gasteiger partial charge in [-0.25, -0.2) is 17.8 Å². The minimum absolute atomic E-state index is 0.0826. The Hall–Kier alpha value is -1.22. The summed E-state index contributed by atoms with van der Waals surface area (Å²) in [5.41, 5.74) is 0.723. The number of halogens is 2. The molecule has 106 valence electrons. The Bertz CT molecular complexity index is 722. The van der Waals surface area contributed by atoms with Crippen LogP contribution in [0.2, 0.25) is 0 Å². The minimum atomic E-state index is -3.79. The van der Waals surface area contributed by atoms with Gasteiger partial charge in [0.05, 0.1) is 4.90 Å². The van der Waals surface area contributed by atoms with Crippen LogP contribution in [-0.2, 0) is 10.0 Å². The minimum Gasteiger partial charge on any atom is -0.263 e. The van der Waals surface area contributed by atoms with Gasteiger partial charge < -0.3 is 0 Å². The van der Waals surface area contributed by atoms with E-state index in [1.54, 1.807) is 32.2 Å². The summed E-state index contributed by atoms with van der Waals surface area (Å²) in [5, 5.41) is 0. The molecule has 20 heavy (non-hydrogen) atoms. The first-order chi connectivity index (χ1) is 9.29. The van der Waals surface area contributed by atoms with E-state index in [1.807, 2.05) is 0 Å². The standard InChI is InChI=1S/C13H12FIN2O2S/c1-8-5-10(14)6-9(2)13(8)20(18,19)17-12-4-3-11(15)7-16-12/h3-7H,1-2H3,(H,16,17). The number of rotatable bonds is 3. The highest BCUT2D eigenvalue weighted by atomic mass is 127. The molecule has 1 N–H and O–H groups in total. The van der Waals surface area contributed by atoms with Gasteiger partial charge in [-0.15, -0.1) is 0 Å². The van der Waals surface area contributed by atoms with E-state index in [0.29, 0.717) is 11.1 Å². The van der Waals surface area contributed by atoms with Gasteiger partial charge in [-0.3, -0.25) is 4.72 Å². The highest BCUT2D eigenvalue weighted by Gasteiger charge is 2.20. The zero-order chi connectivity index (χ0) is 14.9. The lowest BCUT2D eigenvalue weighted by atomic mass is 10.1. The molecule has 4 nitrogen and oxygen atoms in total. The van der Waals surface area contributed by atoms with Crippen molar-refractivity contribution in [1.29, 1.82) is 0 Å². The first kappa shape index (κ1) is 15.2. The monoisotopic (exact) mass is 406 g/mol. The summed E-state index contributed by atoms with van der Waals surface area (Å²) in [7, 11) is -3.79. The van der Waals surface area contributed by atoms with Crippen molar-refractivity contribution in [1.82, 2.24) is 4.98 Å². The van der Waals surface area contributed by atoms with Crippen LogP contribution in [0.4, 0.5) is 10.2 Å². The molecule has 0 saturated carbocycles. The molecule has 0 saturated heterocycles. The number of nitrogens with one attached hydrogen (secondary N) is 1. The Morgan fingerprint density at radius 1 is 1.20 bits per heavy atom. The van der Waals surface area contributed by atoms with Crippen LogP contribution in [0.25, 0.3) is 0 Å². The van der Waals surface area contributed by atoms with Crippen LogP contribution >= 0.6 is 22.6 Å². The molecule has 0 radical (unpaired) electrons. The second-order valence-corrected chi connectivity index (χ2v) is 7.20. The summed E-state index contributed by atoms with van der Waals surface area (Å²) in [4.78, 5) is 4.08. The van der Waals surface area contributed by atoms with Gasteiger partial charge in [0, 0.05) is 9.77 Å². The molecule has 0 aliphatic heterocycles. The lowest BCUT2D eigenvalue weighted by molar-refractivity contribution is 0.597. The van der Waals surface area contributed by atoms with Crippen molar-refractivity contribution in [3.8, 4) is 0 Å². The van der Waals surface area contributed by atoms with E-state index in [2.05, 4.69) is 32.3 Å². The third kappa shape index (κ3) is 3.26. The summed E-state index contributed by atoms with van der Waals surface area (Å²) in [6, 6.07) is 5.72. The number of aryl methyl sites for hydroxylation is 2. The molecule has 0 fully saturated rings. The van der Waals surface area contributed by atoms with E-state index in [-0.39, 0.29) is 10.7 Å². The molecule has 7 heteroatoms. The van der Waals surface area contributed by atoms with E-state index in [4.69, 9.17) is 0 Å². The molecular formula is C13H12FIN2O2S. The van der Waals surface area contributed by atoms with E-state index >= 15 is 0 Å².